The highest BCUT2D eigenvalue weighted by Gasteiger charge is 2.30. The molecule has 0 aromatic rings. The molecule has 1 amide bonds. The first-order valence-electron chi connectivity index (χ1n) is 3.52. The molecule has 4 heteroatoms. The maximum atomic E-state index is 11.0. The van der Waals surface area contributed by atoms with Crippen LogP contribution in [0.15, 0.2) is 0 Å². The smallest absolute Gasteiger partial charge is 0.336 e. The first-order chi connectivity index (χ1) is 4.88. The van der Waals surface area contributed by atoms with Crippen LogP contribution in [0.25, 0.3) is 0 Å². The zero-order chi connectivity index (χ0) is 6.97. The Bertz CT molecular complexity index is 209. The van der Waals surface area contributed by atoms with Crippen molar-refractivity contribution in [2.24, 2.45) is 0 Å². The molecule has 0 saturated heterocycles. The van der Waals surface area contributed by atoms with Crippen molar-refractivity contribution in [2.75, 3.05) is 26.2 Å². The minimum Gasteiger partial charge on any atom is -0.342 e. The lowest BCUT2D eigenvalue weighted by Crippen LogP contribution is -2.47. The summed E-state index contributed by atoms with van der Waals surface area (Å²) < 4.78 is 2.08. The minimum atomic E-state index is 0.0451. The number of amidine groups is 1. The summed E-state index contributed by atoms with van der Waals surface area (Å²) in [7, 11) is 0. The molecule has 10 heavy (non-hydrogen) atoms. The highest BCUT2D eigenvalue weighted by molar-refractivity contribution is 6.36. The molecule has 0 saturated carbocycles. The molecular weight excluding hydrogens is 130 g/mol. The van der Waals surface area contributed by atoms with Crippen molar-refractivity contribution in [1.82, 2.24) is 10.6 Å². The molecule has 2 heterocycles. The van der Waals surface area contributed by atoms with Crippen LogP contribution in [0, 0.1) is 0 Å². The van der Waals surface area contributed by atoms with Gasteiger partial charge in [-0.15, -0.1) is 0 Å². The van der Waals surface area contributed by atoms with Crippen molar-refractivity contribution in [3.05, 3.63) is 0 Å². The molecule has 0 spiro atoms. The molecule has 2 aliphatic heterocycles. The lowest BCUT2D eigenvalue weighted by atomic mass is 10.4. The summed E-state index contributed by atoms with van der Waals surface area (Å²) in [6.45, 7) is 3.61. The number of hydrogen-bond donors (Lipinski definition) is 2. The van der Waals surface area contributed by atoms with Crippen LogP contribution < -0.4 is 10.6 Å². The van der Waals surface area contributed by atoms with Crippen molar-refractivity contribution < 1.29 is 9.37 Å². The van der Waals surface area contributed by atoms with Crippen LogP contribution in [0.3, 0.4) is 0 Å². The van der Waals surface area contributed by atoms with Gasteiger partial charge >= 0.3 is 11.7 Å². The summed E-state index contributed by atoms with van der Waals surface area (Å²) in [5.41, 5.74) is 0. The van der Waals surface area contributed by atoms with Gasteiger partial charge in [0, 0.05) is 0 Å². The van der Waals surface area contributed by atoms with Crippen LogP contribution >= 0.6 is 0 Å². The van der Waals surface area contributed by atoms with Gasteiger partial charge in [-0.2, -0.15) is 0 Å². The molecule has 0 aliphatic carbocycles. The van der Waals surface area contributed by atoms with E-state index < -0.39 is 0 Å². The van der Waals surface area contributed by atoms with E-state index in [1.54, 1.807) is 0 Å². The number of nitrogens with one attached hydrogen (secondary N) is 2. The summed E-state index contributed by atoms with van der Waals surface area (Å²) >= 11 is 0. The Morgan fingerprint density at radius 1 is 1.20 bits per heavy atom. The van der Waals surface area contributed by atoms with E-state index in [0.717, 1.165) is 32.0 Å². The fourth-order valence-corrected chi connectivity index (χ4v) is 1.37. The highest BCUT2D eigenvalue weighted by atomic mass is 16.2. The van der Waals surface area contributed by atoms with Gasteiger partial charge in [-0.1, -0.05) is 0 Å². The Labute approximate surface area is 58.9 Å². The van der Waals surface area contributed by atoms with Crippen LogP contribution in [-0.4, -0.2) is 42.5 Å². The average Bonchev–Trinajstić information content (AvgIpc) is 2.36. The van der Waals surface area contributed by atoms with E-state index in [-0.39, 0.29) is 5.91 Å². The van der Waals surface area contributed by atoms with Crippen molar-refractivity contribution in [2.45, 2.75) is 0 Å². The molecule has 0 fully saturated rings. The number of rotatable bonds is 0. The van der Waals surface area contributed by atoms with E-state index in [4.69, 9.17) is 0 Å². The average molecular weight is 140 g/mol. The molecule has 0 aromatic carbocycles. The first kappa shape index (κ1) is 5.70. The van der Waals surface area contributed by atoms with Gasteiger partial charge in [-0.25, -0.2) is 0 Å². The van der Waals surface area contributed by atoms with Gasteiger partial charge in [0.1, 0.15) is 19.6 Å². The highest BCUT2D eigenvalue weighted by Crippen LogP contribution is 1.91. The normalized spacial score (nSPS) is 23.8. The third-order valence-electron chi connectivity index (χ3n) is 1.87. The summed E-state index contributed by atoms with van der Waals surface area (Å²) in [5.74, 6) is 0.801. The second-order valence-electron chi connectivity index (χ2n) is 2.52. The van der Waals surface area contributed by atoms with Crippen LogP contribution in [0.5, 0.6) is 0 Å². The summed E-state index contributed by atoms with van der Waals surface area (Å²) in [4.78, 5) is 11.0. The number of nitrogens with zero attached hydrogens (tertiary/aromatic N) is 1. The maximum Gasteiger partial charge on any atom is 0.336 e. The molecule has 0 atom stereocenters. The fourth-order valence-electron chi connectivity index (χ4n) is 1.37. The van der Waals surface area contributed by atoms with Gasteiger partial charge < -0.3 is 5.32 Å². The lowest BCUT2D eigenvalue weighted by molar-refractivity contribution is -0.517. The van der Waals surface area contributed by atoms with Gasteiger partial charge in [0.2, 0.25) is 0 Å². The number of carbonyl (C=O) groups excluding carboxylic acids is 1. The van der Waals surface area contributed by atoms with Crippen LogP contribution in [0.2, 0.25) is 0 Å². The van der Waals surface area contributed by atoms with Gasteiger partial charge in [0.05, 0.1) is 6.54 Å². The third kappa shape index (κ3) is 0.683. The van der Waals surface area contributed by atoms with Crippen molar-refractivity contribution in [1.29, 1.82) is 0 Å². The van der Waals surface area contributed by atoms with E-state index in [1.807, 2.05) is 0 Å². The summed E-state index contributed by atoms with van der Waals surface area (Å²) in [5, 5.41) is 5.81. The van der Waals surface area contributed by atoms with Crippen LogP contribution in [-0.2, 0) is 4.79 Å². The molecular formula is C6H10N3O+. The summed E-state index contributed by atoms with van der Waals surface area (Å²) in [6, 6.07) is 0. The van der Waals surface area contributed by atoms with Gasteiger partial charge in [-0.3, -0.25) is 14.7 Å². The van der Waals surface area contributed by atoms with E-state index in [0.29, 0.717) is 0 Å². The van der Waals surface area contributed by atoms with E-state index in [1.165, 1.54) is 0 Å². The van der Waals surface area contributed by atoms with Gasteiger partial charge in [0.25, 0.3) is 0 Å². The Hall–Kier alpha value is -1.06. The molecule has 4 nitrogen and oxygen atoms in total. The molecule has 0 bridgehead atoms. The van der Waals surface area contributed by atoms with Crippen LogP contribution in [0.1, 0.15) is 0 Å². The van der Waals surface area contributed by atoms with E-state index >= 15 is 0 Å². The van der Waals surface area contributed by atoms with Crippen molar-refractivity contribution in [3.63, 3.8) is 0 Å². The first-order valence-corrected chi connectivity index (χ1v) is 3.52. The predicted molar refractivity (Wildman–Crippen MR) is 36.0 cm³/mol. The second kappa shape index (κ2) is 1.97. The van der Waals surface area contributed by atoms with Crippen LogP contribution in [0.4, 0.5) is 0 Å². The van der Waals surface area contributed by atoms with Gasteiger partial charge in [-0.05, 0) is 0 Å². The largest absolute Gasteiger partial charge is 0.342 e. The predicted octanol–water partition coefficient (Wildman–Crippen LogP) is -1.87. The fraction of sp³-hybridized carbons (Fsp3) is 0.667. The van der Waals surface area contributed by atoms with E-state index in [2.05, 4.69) is 15.2 Å². The Balaban J connectivity index is 2.31. The number of amides is 1. The molecule has 2 rings (SSSR count). The third-order valence-corrected chi connectivity index (χ3v) is 1.87. The topological polar surface area (TPSA) is 44.1 Å². The number of carbonyl (C=O) groups is 1. The SMILES string of the molecule is O=C1NCC[N+]2=C1NCC2. The van der Waals surface area contributed by atoms with E-state index in [9.17, 15) is 4.79 Å². The molecule has 0 radical (unpaired) electrons. The minimum absolute atomic E-state index is 0.0451. The summed E-state index contributed by atoms with van der Waals surface area (Å²) in [6.07, 6.45) is 0. The number of hydrogen-bond acceptors (Lipinski definition) is 2. The lowest BCUT2D eigenvalue weighted by Gasteiger charge is -2.09. The molecule has 0 aromatic heterocycles. The monoisotopic (exact) mass is 140 g/mol. The molecule has 0 unspecified atom stereocenters. The van der Waals surface area contributed by atoms with Gasteiger partial charge in [0.15, 0.2) is 0 Å². The molecule has 2 N–H and O–H groups in total. The zero-order valence-corrected chi connectivity index (χ0v) is 5.68. The molecule has 2 aliphatic rings. The Morgan fingerprint density at radius 2 is 1.90 bits per heavy atom. The van der Waals surface area contributed by atoms with Crippen molar-refractivity contribution >= 4 is 11.7 Å². The zero-order valence-electron chi connectivity index (χ0n) is 5.68. The maximum absolute atomic E-state index is 11.0. The van der Waals surface area contributed by atoms with Crippen molar-refractivity contribution in [3.8, 4) is 0 Å². The quantitative estimate of drug-likeness (QED) is 0.387. The standard InChI is InChI=1S/C6H9N3O/c10-6-5-7-1-3-9(5)4-2-8-6/h1-4H2,(H,8,10)/p+1. The second-order valence-corrected chi connectivity index (χ2v) is 2.52. The molecule has 54 valence electrons. The Morgan fingerprint density at radius 3 is 2.60 bits per heavy atom. The Kier molecular flexibility index (Phi) is 1.12.